The van der Waals surface area contributed by atoms with Crippen LogP contribution in [0.15, 0.2) is 120 Å². The Kier molecular flexibility index (Phi) is 5.05. The van der Waals surface area contributed by atoms with Crippen LogP contribution in [0.25, 0.3) is 66.6 Å². The van der Waals surface area contributed by atoms with Gasteiger partial charge in [0.25, 0.3) is 0 Å². The van der Waals surface area contributed by atoms with Crippen molar-refractivity contribution in [1.82, 2.24) is 4.98 Å². The number of rotatable bonds is 3. The van der Waals surface area contributed by atoms with Crippen LogP contribution in [-0.2, 0) is 6.42 Å². The molecule has 0 N–H and O–H groups in total. The van der Waals surface area contributed by atoms with E-state index < -0.39 is 0 Å². The summed E-state index contributed by atoms with van der Waals surface area (Å²) in [4.78, 5) is 5.51. The summed E-state index contributed by atoms with van der Waals surface area (Å²) in [7, 11) is 0. The summed E-state index contributed by atoms with van der Waals surface area (Å²) < 4.78 is 6.52. The maximum absolute atomic E-state index is 6.52. The van der Waals surface area contributed by atoms with Crippen LogP contribution < -0.4 is 0 Å². The van der Waals surface area contributed by atoms with E-state index in [-0.39, 0.29) is 0 Å². The molecule has 8 rings (SSSR count). The number of aromatic nitrogens is 1. The Morgan fingerprint density at radius 3 is 2.05 bits per heavy atom. The van der Waals surface area contributed by atoms with Crippen LogP contribution in [0.2, 0.25) is 0 Å². The van der Waals surface area contributed by atoms with Crippen molar-refractivity contribution in [3.8, 4) is 44.6 Å². The van der Waals surface area contributed by atoms with Gasteiger partial charge in [-0.25, -0.2) is 0 Å². The lowest BCUT2D eigenvalue weighted by Crippen LogP contribution is -2.02. The lowest BCUT2D eigenvalue weighted by atomic mass is 9.84. The minimum absolute atomic E-state index is 0.859. The highest BCUT2D eigenvalue weighted by Crippen LogP contribution is 2.50. The molecule has 5 aromatic carbocycles. The molecule has 1 aliphatic rings. The zero-order chi connectivity index (χ0) is 26.8. The molecule has 0 radical (unpaired) electrons. The topological polar surface area (TPSA) is 26.0 Å². The Bertz CT molecular complexity index is 2080. The smallest absolute Gasteiger partial charge is 0.136 e. The van der Waals surface area contributed by atoms with E-state index in [0.717, 1.165) is 62.0 Å². The molecule has 2 nitrogen and oxygen atoms in total. The van der Waals surface area contributed by atoms with Gasteiger partial charge in [0.15, 0.2) is 0 Å². The second kappa shape index (κ2) is 8.79. The number of pyridine rings is 1. The van der Waals surface area contributed by atoms with Crippen molar-refractivity contribution in [1.29, 1.82) is 0 Å². The van der Waals surface area contributed by atoms with Gasteiger partial charge < -0.3 is 4.42 Å². The third kappa shape index (κ3) is 3.32. The second-order valence-electron chi connectivity index (χ2n) is 10.7. The summed E-state index contributed by atoms with van der Waals surface area (Å²) in [6, 6.07) is 40.7. The Morgan fingerprint density at radius 2 is 1.25 bits per heavy atom. The van der Waals surface area contributed by atoms with Gasteiger partial charge in [-0.15, -0.1) is 0 Å². The number of hydrogen-bond acceptors (Lipinski definition) is 2. The zero-order valence-corrected chi connectivity index (χ0v) is 22.5. The molecular weight excluding hydrogens is 486 g/mol. The quantitative estimate of drug-likeness (QED) is 0.235. The van der Waals surface area contributed by atoms with Crippen LogP contribution in [0.3, 0.4) is 0 Å². The van der Waals surface area contributed by atoms with E-state index in [2.05, 4.69) is 123 Å². The van der Waals surface area contributed by atoms with Gasteiger partial charge in [-0.05, 0) is 64.9 Å². The summed E-state index contributed by atoms with van der Waals surface area (Å²) >= 11 is 0. The monoisotopic (exact) mass is 513 g/mol. The van der Waals surface area contributed by atoms with Crippen molar-refractivity contribution in [3.63, 3.8) is 0 Å². The van der Waals surface area contributed by atoms with Crippen LogP contribution in [0.1, 0.15) is 22.4 Å². The molecule has 0 saturated heterocycles. The van der Waals surface area contributed by atoms with Gasteiger partial charge in [-0.2, -0.15) is 0 Å². The first kappa shape index (κ1) is 23.0. The van der Waals surface area contributed by atoms with Gasteiger partial charge in [-0.3, -0.25) is 4.98 Å². The number of hydrogen-bond donors (Lipinski definition) is 0. The molecule has 2 aromatic heterocycles. The second-order valence-corrected chi connectivity index (χ2v) is 10.7. The highest BCUT2D eigenvalue weighted by molar-refractivity contribution is 6.18. The predicted molar refractivity (Wildman–Crippen MR) is 166 cm³/mol. The van der Waals surface area contributed by atoms with Crippen LogP contribution in [0.4, 0.5) is 0 Å². The van der Waals surface area contributed by atoms with Gasteiger partial charge in [0.05, 0.1) is 11.4 Å². The van der Waals surface area contributed by atoms with E-state index in [1.807, 2.05) is 6.07 Å². The first-order valence-electron chi connectivity index (χ1n) is 13.9. The summed E-state index contributed by atoms with van der Waals surface area (Å²) in [5, 5.41) is 2.26. The SMILES string of the molecule is Cc1c(-c2c(-c3ccccc3)cc3oc4ccccc4c3c2-c2ccccc2)nc2c(c1C)-c1ccccc1C2. The Labute approximate surface area is 233 Å². The van der Waals surface area contributed by atoms with Crippen molar-refractivity contribution < 1.29 is 4.42 Å². The third-order valence-electron chi connectivity index (χ3n) is 8.52. The number of nitrogens with zero attached hydrogens (tertiary/aromatic N) is 1. The third-order valence-corrected chi connectivity index (χ3v) is 8.52. The number of benzene rings is 5. The highest BCUT2D eigenvalue weighted by atomic mass is 16.3. The van der Waals surface area contributed by atoms with E-state index in [1.165, 1.54) is 33.4 Å². The molecule has 0 atom stereocenters. The first-order chi connectivity index (χ1) is 19.7. The van der Waals surface area contributed by atoms with Crippen LogP contribution in [-0.4, -0.2) is 4.98 Å². The fourth-order valence-electron chi connectivity index (χ4n) is 6.56. The molecule has 0 bridgehead atoms. The van der Waals surface area contributed by atoms with E-state index >= 15 is 0 Å². The molecule has 40 heavy (non-hydrogen) atoms. The van der Waals surface area contributed by atoms with E-state index in [0.29, 0.717) is 0 Å². The molecule has 0 amide bonds. The summed E-state index contributed by atoms with van der Waals surface area (Å²) in [5.74, 6) is 0. The molecule has 2 heteroatoms. The van der Waals surface area contributed by atoms with Crippen molar-refractivity contribution in [3.05, 3.63) is 138 Å². The first-order valence-corrected chi connectivity index (χ1v) is 13.9. The van der Waals surface area contributed by atoms with Crippen molar-refractivity contribution in [2.45, 2.75) is 20.3 Å². The predicted octanol–water partition coefficient (Wildman–Crippen LogP) is 10.2. The summed E-state index contributed by atoms with van der Waals surface area (Å²) in [5.41, 5.74) is 16.3. The van der Waals surface area contributed by atoms with E-state index in [1.54, 1.807) is 0 Å². The largest absolute Gasteiger partial charge is 0.456 e. The van der Waals surface area contributed by atoms with E-state index in [4.69, 9.17) is 9.40 Å². The maximum Gasteiger partial charge on any atom is 0.136 e. The van der Waals surface area contributed by atoms with Gasteiger partial charge in [0.2, 0.25) is 0 Å². The maximum atomic E-state index is 6.52. The normalized spacial score (nSPS) is 12.2. The fraction of sp³-hybridized carbons (Fsp3) is 0.0789. The van der Waals surface area contributed by atoms with E-state index in [9.17, 15) is 0 Å². The Morgan fingerprint density at radius 1 is 0.575 bits per heavy atom. The molecule has 0 unspecified atom stereocenters. The molecular formula is C38H27NO. The van der Waals surface area contributed by atoms with Gasteiger partial charge in [0, 0.05) is 33.9 Å². The van der Waals surface area contributed by atoms with Gasteiger partial charge in [-0.1, -0.05) is 103 Å². The van der Waals surface area contributed by atoms with Gasteiger partial charge in [0.1, 0.15) is 11.2 Å². The number of fused-ring (bicyclic) bond motifs is 6. The average Bonchev–Trinajstić information content (AvgIpc) is 3.57. The number of para-hydroxylation sites is 1. The molecule has 7 aromatic rings. The fourth-order valence-corrected chi connectivity index (χ4v) is 6.56. The van der Waals surface area contributed by atoms with Crippen molar-refractivity contribution in [2.24, 2.45) is 0 Å². The lowest BCUT2D eigenvalue weighted by Gasteiger charge is -2.21. The summed E-state index contributed by atoms with van der Waals surface area (Å²) in [6.45, 7) is 4.50. The van der Waals surface area contributed by atoms with Crippen LogP contribution >= 0.6 is 0 Å². The molecule has 0 saturated carbocycles. The minimum Gasteiger partial charge on any atom is -0.456 e. The minimum atomic E-state index is 0.859. The Balaban J connectivity index is 1.56. The number of furan rings is 1. The molecule has 2 heterocycles. The van der Waals surface area contributed by atoms with Crippen LogP contribution in [0.5, 0.6) is 0 Å². The molecule has 0 spiro atoms. The molecule has 190 valence electrons. The zero-order valence-electron chi connectivity index (χ0n) is 22.5. The molecule has 1 aliphatic carbocycles. The molecule has 0 aliphatic heterocycles. The van der Waals surface area contributed by atoms with Crippen molar-refractivity contribution >= 4 is 21.9 Å². The van der Waals surface area contributed by atoms with Gasteiger partial charge >= 0.3 is 0 Å². The summed E-state index contributed by atoms with van der Waals surface area (Å²) in [6.07, 6.45) is 0.859. The Hall–Kier alpha value is -4.95. The standard InChI is InChI=1S/C38H27NO/c1-23-24(2)38(39-31-21-27-17-9-10-18-28(27)34(23)31)37-30(25-13-5-3-6-14-25)22-33-36(29-19-11-12-20-32(29)40-33)35(37)26-15-7-4-8-16-26/h3-20,22H,21H2,1-2H3. The average molecular weight is 514 g/mol. The highest BCUT2D eigenvalue weighted by Gasteiger charge is 2.28. The molecule has 0 fully saturated rings. The lowest BCUT2D eigenvalue weighted by molar-refractivity contribution is 0.669. The van der Waals surface area contributed by atoms with Crippen molar-refractivity contribution in [2.75, 3.05) is 0 Å². The van der Waals surface area contributed by atoms with Crippen LogP contribution in [0, 0.1) is 13.8 Å².